The third-order valence-corrected chi connectivity index (χ3v) is 2.08. The van der Waals surface area contributed by atoms with Crippen molar-refractivity contribution in [1.29, 1.82) is 0 Å². The Labute approximate surface area is 80.5 Å². The van der Waals surface area contributed by atoms with Crippen LogP contribution in [0.3, 0.4) is 0 Å². The van der Waals surface area contributed by atoms with Gasteiger partial charge in [-0.05, 0) is 6.92 Å². The van der Waals surface area contributed by atoms with Crippen LogP contribution in [0.4, 0.5) is 0 Å². The van der Waals surface area contributed by atoms with E-state index in [4.69, 9.17) is 11.6 Å². The van der Waals surface area contributed by atoms with Gasteiger partial charge in [0, 0.05) is 11.5 Å². The highest BCUT2D eigenvalue weighted by atomic mass is 35.5. The highest BCUT2D eigenvalue weighted by Gasteiger charge is 2.10. The molecule has 0 N–H and O–H groups in total. The van der Waals surface area contributed by atoms with E-state index in [-0.39, 0.29) is 11.5 Å². The molecule has 0 amide bonds. The van der Waals surface area contributed by atoms with E-state index in [0.29, 0.717) is 11.6 Å². The molecule has 72 valence electrons. The SMILES string of the molecule is CCn1cnc(Cl)c1CC[N+](=O)[O-]. The zero-order chi connectivity index (χ0) is 9.84. The van der Waals surface area contributed by atoms with E-state index in [2.05, 4.69) is 4.98 Å². The fraction of sp³-hybridized carbons (Fsp3) is 0.571. The van der Waals surface area contributed by atoms with E-state index < -0.39 is 0 Å². The van der Waals surface area contributed by atoms with Gasteiger partial charge in [-0.3, -0.25) is 10.1 Å². The molecule has 6 heteroatoms. The molecular weight excluding hydrogens is 194 g/mol. The van der Waals surface area contributed by atoms with Crippen molar-refractivity contribution < 1.29 is 4.92 Å². The Bertz CT molecular complexity index is 311. The number of nitro groups is 1. The molecule has 1 aromatic rings. The molecule has 0 saturated carbocycles. The van der Waals surface area contributed by atoms with Crippen molar-refractivity contribution in [2.75, 3.05) is 6.54 Å². The number of hydrogen-bond acceptors (Lipinski definition) is 3. The Morgan fingerprint density at radius 1 is 1.77 bits per heavy atom. The van der Waals surface area contributed by atoms with Crippen molar-refractivity contribution in [2.45, 2.75) is 19.9 Å². The second-order valence-electron chi connectivity index (χ2n) is 2.57. The molecule has 0 aliphatic heterocycles. The summed E-state index contributed by atoms with van der Waals surface area (Å²) in [5, 5.41) is 10.5. The van der Waals surface area contributed by atoms with Crippen LogP contribution < -0.4 is 0 Å². The van der Waals surface area contributed by atoms with Gasteiger partial charge in [0.15, 0.2) is 0 Å². The van der Waals surface area contributed by atoms with Gasteiger partial charge in [0.1, 0.15) is 5.15 Å². The van der Waals surface area contributed by atoms with Gasteiger partial charge >= 0.3 is 0 Å². The van der Waals surface area contributed by atoms with Crippen LogP contribution in [0.2, 0.25) is 5.15 Å². The van der Waals surface area contributed by atoms with Crippen LogP contribution in [0.25, 0.3) is 0 Å². The minimum Gasteiger partial charge on any atom is -0.333 e. The lowest BCUT2D eigenvalue weighted by molar-refractivity contribution is -0.479. The maximum absolute atomic E-state index is 10.1. The molecule has 0 unspecified atom stereocenters. The van der Waals surface area contributed by atoms with Gasteiger partial charge in [-0.15, -0.1) is 0 Å². The maximum atomic E-state index is 10.1. The average Bonchev–Trinajstić information content (AvgIpc) is 2.43. The normalized spacial score (nSPS) is 10.3. The lowest BCUT2D eigenvalue weighted by atomic mass is 10.3. The average molecular weight is 204 g/mol. The Morgan fingerprint density at radius 2 is 2.46 bits per heavy atom. The molecule has 0 aliphatic carbocycles. The second-order valence-corrected chi connectivity index (χ2v) is 2.93. The minimum atomic E-state index is -0.358. The molecule has 13 heavy (non-hydrogen) atoms. The van der Waals surface area contributed by atoms with Crippen LogP contribution in [0.5, 0.6) is 0 Å². The fourth-order valence-corrected chi connectivity index (χ4v) is 1.35. The molecule has 0 atom stereocenters. The quantitative estimate of drug-likeness (QED) is 0.549. The van der Waals surface area contributed by atoms with Gasteiger partial charge in [0.05, 0.1) is 18.4 Å². The largest absolute Gasteiger partial charge is 0.333 e. The minimum absolute atomic E-state index is 0.106. The number of aromatic nitrogens is 2. The zero-order valence-corrected chi connectivity index (χ0v) is 7.99. The van der Waals surface area contributed by atoms with Crippen molar-refractivity contribution in [1.82, 2.24) is 9.55 Å². The topological polar surface area (TPSA) is 61.0 Å². The summed E-state index contributed by atoms with van der Waals surface area (Å²) in [4.78, 5) is 13.7. The predicted molar refractivity (Wildman–Crippen MR) is 48.5 cm³/mol. The first-order chi connectivity index (χ1) is 6.15. The zero-order valence-electron chi connectivity index (χ0n) is 7.23. The third-order valence-electron chi connectivity index (χ3n) is 1.77. The number of halogens is 1. The molecule has 0 bridgehead atoms. The third kappa shape index (κ3) is 2.42. The summed E-state index contributed by atoms with van der Waals surface area (Å²) in [6, 6.07) is 0. The molecule has 0 spiro atoms. The molecule has 5 nitrogen and oxygen atoms in total. The Morgan fingerprint density at radius 3 is 3.00 bits per heavy atom. The van der Waals surface area contributed by atoms with Crippen molar-refractivity contribution in [3.05, 3.63) is 27.3 Å². The molecule has 0 radical (unpaired) electrons. The van der Waals surface area contributed by atoms with Crippen molar-refractivity contribution in [2.24, 2.45) is 0 Å². The summed E-state index contributed by atoms with van der Waals surface area (Å²) in [5.41, 5.74) is 0.737. The first-order valence-corrected chi connectivity index (χ1v) is 4.34. The van der Waals surface area contributed by atoms with E-state index in [0.717, 1.165) is 12.2 Å². The summed E-state index contributed by atoms with van der Waals surface area (Å²) in [6.45, 7) is 2.56. The van der Waals surface area contributed by atoms with E-state index >= 15 is 0 Å². The summed E-state index contributed by atoms with van der Waals surface area (Å²) in [6.07, 6.45) is 1.93. The molecule has 1 rings (SSSR count). The highest BCUT2D eigenvalue weighted by Crippen LogP contribution is 2.14. The van der Waals surface area contributed by atoms with E-state index in [9.17, 15) is 10.1 Å². The van der Waals surface area contributed by atoms with E-state index in [1.165, 1.54) is 0 Å². The van der Waals surface area contributed by atoms with E-state index in [1.54, 1.807) is 6.33 Å². The first kappa shape index (κ1) is 9.98. The van der Waals surface area contributed by atoms with Crippen LogP contribution >= 0.6 is 11.6 Å². The Kier molecular flexibility index (Phi) is 3.25. The standard InChI is InChI=1S/C7H10ClN3O2/c1-2-10-5-9-7(8)6(10)3-4-11(12)13/h5H,2-4H2,1H3. The Balaban J connectivity index is 2.73. The van der Waals surface area contributed by atoms with Gasteiger partial charge in [-0.25, -0.2) is 4.98 Å². The molecule has 0 saturated heterocycles. The number of aryl methyl sites for hydroxylation is 1. The van der Waals surface area contributed by atoms with Crippen LogP contribution in [0.1, 0.15) is 12.6 Å². The lowest BCUT2D eigenvalue weighted by Crippen LogP contribution is -2.08. The van der Waals surface area contributed by atoms with Gasteiger partial charge in [-0.2, -0.15) is 0 Å². The number of imidazole rings is 1. The summed E-state index contributed by atoms with van der Waals surface area (Å²) in [5.74, 6) is 0. The second kappa shape index (κ2) is 4.23. The van der Waals surface area contributed by atoms with Crippen LogP contribution in [0.15, 0.2) is 6.33 Å². The highest BCUT2D eigenvalue weighted by molar-refractivity contribution is 6.30. The van der Waals surface area contributed by atoms with Gasteiger partial charge in [-0.1, -0.05) is 11.6 Å². The van der Waals surface area contributed by atoms with Gasteiger partial charge in [0.2, 0.25) is 6.54 Å². The predicted octanol–water partition coefficient (Wildman–Crippen LogP) is 1.38. The fourth-order valence-electron chi connectivity index (χ4n) is 1.10. The van der Waals surface area contributed by atoms with Crippen LogP contribution in [-0.2, 0) is 13.0 Å². The Hall–Kier alpha value is -1.10. The molecular formula is C7H10ClN3O2. The van der Waals surface area contributed by atoms with Crippen molar-refractivity contribution in [3.8, 4) is 0 Å². The number of rotatable bonds is 4. The smallest absolute Gasteiger partial charge is 0.209 e. The summed E-state index contributed by atoms with van der Waals surface area (Å²) >= 11 is 5.75. The number of hydrogen-bond donors (Lipinski definition) is 0. The monoisotopic (exact) mass is 203 g/mol. The van der Waals surface area contributed by atoms with Crippen molar-refractivity contribution >= 4 is 11.6 Å². The van der Waals surface area contributed by atoms with E-state index in [1.807, 2.05) is 11.5 Å². The summed E-state index contributed by atoms with van der Waals surface area (Å²) < 4.78 is 1.81. The van der Waals surface area contributed by atoms with Crippen molar-refractivity contribution in [3.63, 3.8) is 0 Å². The number of nitrogens with zero attached hydrogens (tertiary/aromatic N) is 3. The molecule has 1 heterocycles. The molecule has 0 fully saturated rings. The van der Waals surface area contributed by atoms with Gasteiger partial charge < -0.3 is 4.57 Å². The van der Waals surface area contributed by atoms with Crippen LogP contribution in [0, 0.1) is 10.1 Å². The lowest BCUT2D eigenvalue weighted by Gasteiger charge is -2.02. The molecule has 0 aliphatic rings. The molecule has 1 aromatic heterocycles. The first-order valence-electron chi connectivity index (χ1n) is 3.96. The summed E-state index contributed by atoms with van der Waals surface area (Å²) in [7, 11) is 0. The molecule has 0 aromatic carbocycles. The maximum Gasteiger partial charge on any atom is 0.209 e. The van der Waals surface area contributed by atoms with Gasteiger partial charge in [0.25, 0.3) is 0 Å². The van der Waals surface area contributed by atoms with Crippen LogP contribution in [-0.4, -0.2) is 21.0 Å².